The van der Waals surface area contributed by atoms with E-state index in [1.165, 1.54) is 6.08 Å². The molecule has 0 amide bonds. The number of hydrogen-bond donors (Lipinski definition) is 0. The van der Waals surface area contributed by atoms with E-state index >= 15 is 0 Å². The monoisotopic (exact) mass is 221 g/mol. The lowest BCUT2D eigenvalue weighted by Crippen LogP contribution is -2.10. The van der Waals surface area contributed by atoms with E-state index in [1.807, 2.05) is 6.07 Å². The fourth-order valence-electron chi connectivity index (χ4n) is 1.11. The third-order valence-corrected chi connectivity index (χ3v) is 3.21. The Balaban J connectivity index is 2.37. The van der Waals surface area contributed by atoms with E-state index in [9.17, 15) is 4.79 Å². The Morgan fingerprint density at radius 1 is 1.53 bits per heavy atom. The lowest BCUT2D eigenvalue weighted by Gasteiger charge is -2.08. The Kier molecular flexibility index (Phi) is 2.66. The summed E-state index contributed by atoms with van der Waals surface area (Å²) in [4.78, 5) is 14.6. The van der Waals surface area contributed by atoms with Gasteiger partial charge < -0.3 is 0 Å². The molecule has 0 fully saturated rings. The Labute approximate surface area is 88.5 Å². The van der Waals surface area contributed by atoms with Gasteiger partial charge in [0, 0.05) is 11.9 Å². The molecule has 0 aromatic heterocycles. The van der Waals surface area contributed by atoms with Crippen molar-refractivity contribution in [1.29, 1.82) is 0 Å². The van der Waals surface area contributed by atoms with Gasteiger partial charge in [0.2, 0.25) is 6.08 Å². The average molecular weight is 221 g/mol. The van der Waals surface area contributed by atoms with Crippen LogP contribution in [0.5, 0.6) is 0 Å². The molecule has 7 heteroatoms. The molecule has 1 aliphatic rings. The van der Waals surface area contributed by atoms with Crippen LogP contribution < -0.4 is 0 Å². The summed E-state index contributed by atoms with van der Waals surface area (Å²) in [7, 11) is 1.28. The number of aliphatic imine (C=N–C) groups is 1. The summed E-state index contributed by atoms with van der Waals surface area (Å²) in [6.07, 6.45) is 1.50. The number of carbonyl (C=O) groups excluding carboxylic acids is 1. The van der Waals surface area contributed by atoms with Gasteiger partial charge in [0.15, 0.2) is 0 Å². The summed E-state index contributed by atoms with van der Waals surface area (Å²) in [5, 5.41) is 7.34. The fourth-order valence-corrected chi connectivity index (χ4v) is 2.25. The maximum absolute atomic E-state index is 10.1. The number of rotatable bonds is 2. The minimum atomic E-state index is -0.514. The van der Waals surface area contributed by atoms with Crippen LogP contribution in [0, 0.1) is 0 Å². The lowest BCUT2D eigenvalue weighted by molar-refractivity contribution is 0.565. The van der Waals surface area contributed by atoms with Crippen LogP contribution in [0.15, 0.2) is 49.1 Å². The van der Waals surface area contributed by atoms with Crippen LogP contribution in [0.3, 0.4) is 0 Å². The van der Waals surface area contributed by atoms with Gasteiger partial charge in [-0.15, -0.1) is 0 Å². The second-order valence-electron chi connectivity index (χ2n) is 2.69. The minimum Gasteiger partial charge on any atom is -0.211 e. The fraction of sp³-hybridized carbons (Fsp3) is 0.125. The van der Waals surface area contributed by atoms with Crippen molar-refractivity contribution >= 4 is 22.6 Å². The standard InChI is InChI=1S/C8H7N5OS/c1-13-11-10-12-15(13)8-4-2-3-7(5-8)9-6-14/h2-5H,1H3. The first-order chi connectivity index (χ1) is 7.31. The van der Waals surface area contributed by atoms with Crippen molar-refractivity contribution < 1.29 is 4.79 Å². The zero-order valence-corrected chi connectivity index (χ0v) is 8.68. The lowest BCUT2D eigenvalue weighted by atomic mass is 10.3. The third-order valence-electron chi connectivity index (χ3n) is 1.73. The molecule has 1 aromatic carbocycles. The second-order valence-corrected chi connectivity index (χ2v) is 4.38. The molecule has 0 radical (unpaired) electrons. The van der Waals surface area contributed by atoms with Crippen molar-refractivity contribution in [2.75, 3.05) is 7.05 Å². The molecule has 0 N–H and O–H groups in total. The van der Waals surface area contributed by atoms with Gasteiger partial charge >= 0.3 is 0 Å². The van der Waals surface area contributed by atoms with Crippen LogP contribution in [0.25, 0.3) is 0 Å². The quantitative estimate of drug-likeness (QED) is 0.565. The maximum Gasteiger partial charge on any atom is 0.240 e. The highest BCUT2D eigenvalue weighted by molar-refractivity contribution is 7.85. The average Bonchev–Trinajstić information content (AvgIpc) is 2.65. The summed E-state index contributed by atoms with van der Waals surface area (Å²) < 4.78 is 5.62. The van der Waals surface area contributed by atoms with Crippen LogP contribution in [0.2, 0.25) is 0 Å². The van der Waals surface area contributed by atoms with E-state index in [2.05, 4.69) is 19.9 Å². The smallest absolute Gasteiger partial charge is 0.211 e. The van der Waals surface area contributed by atoms with Crippen LogP contribution >= 0.6 is 0 Å². The molecule has 1 heterocycles. The molecular formula is C8H7N5OS. The molecule has 76 valence electrons. The summed E-state index contributed by atoms with van der Waals surface area (Å²) >= 11 is 0. The molecule has 1 aliphatic heterocycles. The highest BCUT2D eigenvalue weighted by atomic mass is 32.2. The molecule has 1 unspecified atom stereocenters. The first kappa shape index (κ1) is 9.70. The maximum atomic E-state index is 10.1. The number of nitrogens with zero attached hydrogens (tertiary/aromatic N) is 5. The van der Waals surface area contributed by atoms with Gasteiger partial charge in [-0.1, -0.05) is 10.5 Å². The highest BCUT2D eigenvalue weighted by Crippen LogP contribution is 2.21. The first-order valence-electron chi connectivity index (χ1n) is 4.09. The summed E-state index contributed by atoms with van der Waals surface area (Å²) in [6.45, 7) is 0. The normalized spacial score (nSPS) is 18.5. The molecule has 0 saturated heterocycles. The molecule has 1 atom stereocenters. The molecule has 1 aromatic rings. The molecule has 15 heavy (non-hydrogen) atoms. The molecule has 0 aliphatic carbocycles. The summed E-state index contributed by atoms with van der Waals surface area (Å²) in [5.41, 5.74) is 0.561. The van der Waals surface area contributed by atoms with E-state index in [-0.39, 0.29) is 0 Å². The Hall–Kier alpha value is -1.85. The molecule has 0 saturated carbocycles. The predicted octanol–water partition coefficient (Wildman–Crippen LogP) is 1.96. The SMILES string of the molecule is CN1N=NN=S1c1cccc(N=C=O)c1. The zero-order valence-electron chi connectivity index (χ0n) is 7.86. The highest BCUT2D eigenvalue weighted by Gasteiger charge is 2.11. The van der Waals surface area contributed by atoms with Crippen molar-refractivity contribution in [3.63, 3.8) is 0 Å². The number of hydrogen-bond acceptors (Lipinski definition) is 6. The first-order valence-corrected chi connectivity index (χ1v) is 5.23. The van der Waals surface area contributed by atoms with Gasteiger partial charge in [0.1, 0.15) is 0 Å². The van der Waals surface area contributed by atoms with E-state index in [0.29, 0.717) is 5.69 Å². The predicted molar refractivity (Wildman–Crippen MR) is 54.9 cm³/mol. The van der Waals surface area contributed by atoms with E-state index < -0.39 is 10.9 Å². The van der Waals surface area contributed by atoms with Crippen LogP contribution in [0.4, 0.5) is 5.69 Å². The van der Waals surface area contributed by atoms with Crippen molar-refractivity contribution in [2.45, 2.75) is 4.90 Å². The van der Waals surface area contributed by atoms with Gasteiger partial charge in [-0.05, 0) is 28.6 Å². The largest absolute Gasteiger partial charge is 0.240 e. The Morgan fingerprint density at radius 2 is 2.40 bits per heavy atom. The molecule has 0 spiro atoms. The number of isocyanates is 1. The Bertz CT molecular complexity index is 492. The van der Waals surface area contributed by atoms with Crippen LogP contribution in [0.1, 0.15) is 0 Å². The number of benzene rings is 1. The Morgan fingerprint density at radius 3 is 3.07 bits per heavy atom. The second kappa shape index (κ2) is 4.12. The van der Waals surface area contributed by atoms with Crippen molar-refractivity contribution in [3.05, 3.63) is 24.3 Å². The third kappa shape index (κ3) is 1.98. The van der Waals surface area contributed by atoms with Crippen molar-refractivity contribution in [1.82, 2.24) is 4.41 Å². The van der Waals surface area contributed by atoms with Crippen LogP contribution in [-0.2, 0) is 15.7 Å². The molecule has 6 nitrogen and oxygen atoms in total. The van der Waals surface area contributed by atoms with E-state index in [1.54, 1.807) is 29.7 Å². The summed E-state index contributed by atoms with van der Waals surface area (Å²) in [5.74, 6) is 0. The minimum absolute atomic E-state index is 0.514. The topological polar surface area (TPSA) is 69.8 Å². The van der Waals surface area contributed by atoms with Gasteiger partial charge in [-0.3, -0.25) is 0 Å². The van der Waals surface area contributed by atoms with Crippen molar-refractivity contribution in [2.24, 2.45) is 19.9 Å². The van der Waals surface area contributed by atoms with Gasteiger partial charge in [0.05, 0.1) is 16.6 Å². The van der Waals surface area contributed by atoms with Crippen LogP contribution in [-0.4, -0.2) is 17.5 Å². The van der Waals surface area contributed by atoms with E-state index in [4.69, 9.17) is 0 Å². The van der Waals surface area contributed by atoms with Gasteiger partial charge in [-0.2, -0.15) is 4.99 Å². The van der Waals surface area contributed by atoms with Crippen molar-refractivity contribution in [3.8, 4) is 0 Å². The van der Waals surface area contributed by atoms with Gasteiger partial charge in [0.25, 0.3) is 0 Å². The summed E-state index contributed by atoms with van der Waals surface area (Å²) in [6, 6.07) is 7.19. The molecule has 0 bridgehead atoms. The molecule has 2 rings (SSSR count). The zero-order chi connectivity index (χ0) is 10.7. The molecular weight excluding hydrogens is 214 g/mol. The van der Waals surface area contributed by atoms with Gasteiger partial charge in [-0.25, -0.2) is 9.21 Å². The van der Waals surface area contributed by atoms with E-state index in [0.717, 1.165) is 4.90 Å².